The molecule has 0 saturated carbocycles. The molecular weight excluding hydrogens is 202 g/mol. The van der Waals surface area contributed by atoms with E-state index in [9.17, 15) is 0 Å². The van der Waals surface area contributed by atoms with Gasteiger partial charge in [-0.25, -0.2) is 0 Å². The van der Waals surface area contributed by atoms with E-state index in [2.05, 4.69) is 0 Å². The fraction of sp³-hybridized carbons (Fsp3) is 0.538. The fourth-order valence-corrected chi connectivity index (χ4v) is 1.96. The first-order valence-corrected chi connectivity index (χ1v) is 5.82. The van der Waals surface area contributed by atoms with Crippen LogP contribution in [0.1, 0.15) is 18.4 Å². The van der Waals surface area contributed by atoms with Crippen molar-refractivity contribution in [3.05, 3.63) is 23.8 Å². The lowest BCUT2D eigenvalue weighted by atomic mass is 10.0. The minimum Gasteiger partial charge on any atom is -0.493 e. The fourth-order valence-electron chi connectivity index (χ4n) is 1.96. The van der Waals surface area contributed by atoms with E-state index in [1.807, 2.05) is 25.1 Å². The molecule has 0 spiro atoms. The van der Waals surface area contributed by atoms with E-state index in [4.69, 9.17) is 15.2 Å². The van der Waals surface area contributed by atoms with Gasteiger partial charge in [0.05, 0.1) is 6.61 Å². The standard InChI is InChI=1S/C13H19NO2/c1-10-8-12(14)2-3-13(10)16-9-11-4-6-15-7-5-11/h2-3,8,11H,4-7,9,14H2,1H3. The molecule has 1 saturated heterocycles. The Kier molecular flexibility index (Phi) is 3.67. The molecule has 2 rings (SSSR count). The SMILES string of the molecule is Cc1cc(N)ccc1OCC1CCOCC1. The van der Waals surface area contributed by atoms with Crippen LogP contribution in [0.4, 0.5) is 5.69 Å². The van der Waals surface area contributed by atoms with Crippen LogP contribution < -0.4 is 10.5 Å². The Bertz CT molecular complexity index is 346. The second kappa shape index (κ2) is 5.21. The quantitative estimate of drug-likeness (QED) is 0.797. The van der Waals surface area contributed by atoms with Gasteiger partial charge < -0.3 is 15.2 Å². The van der Waals surface area contributed by atoms with Crippen molar-refractivity contribution in [2.75, 3.05) is 25.6 Å². The summed E-state index contributed by atoms with van der Waals surface area (Å²) in [6.07, 6.45) is 2.21. The topological polar surface area (TPSA) is 44.5 Å². The van der Waals surface area contributed by atoms with Gasteiger partial charge in [-0.1, -0.05) is 0 Å². The Balaban J connectivity index is 1.88. The summed E-state index contributed by atoms with van der Waals surface area (Å²) in [6, 6.07) is 5.77. The van der Waals surface area contributed by atoms with Crippen molar-refractivity contribution >= 4 is 5.69 Å². The summed E-state index contributed by atoms with van der Waals surface area (Å²) >= 11 is 0. The number of hydrogen-bond acceptors (Lipinski definition) is 3. The van der Waals surface area contributed by atoms with Crippen LogP contribution in [-0.2, 0) is 4.74 Å². The molecule has 1 heterocycles. The molecule has 0 radical (unpaired) electrons. The molecule has 1 aromatic carbocycles. The zero-order valence-corrected chi connectivity index (χ0v) is 9.74. The van der Waals surface area contributed by atoms with E-state index in [1.165, 1.54) is 0 Å². The monoisotopic (exact) mass is 221 g/mol. The predicted octanol–water partition coefficient (Wildman–Crippen LogP) is 2.38. The third-order valence-corrected chi connectivity index (χ3v) is 3.01. The van der Waals surface area contributed by atoms with Crippen molar-refractivity contribution in [3.63, 3.8) is 0 Å². The lowest BCUT2D eigenvalue weighted by Crippen LogP contribution is -2.21. The van der Waals surface area contributed by atoms with E-state index >= 15 is 0 Å². The molecule has 3 heteroatoms. The highest BCUT2D eigenvalue weighted by Crippen LogP contribution is 2.22. The molecule has 0 amide bonds. The van der Waals surface area contributed by atoms with Gasteiger partial charge in [-0.05, 0) is 49.4 Å². The zero-order chi connectivity index (χ0) is 11.4. The first-order chi connectivity index (χ1) is 7.75. The van der Waals surface area contributed by atoms with E-state index in [-0.39, 0.29) is 0 Å². The van der Waals surface area contributed by atoms with Gasteiger partial charge in [0.1, 0.15) is 5.75 Å². The normalized spacial score (nSPS) is 17.3. The summed E-state index contributed by atoms with van der Waals surface area (Å²) in [5.41, 5.74) is 7.59. The Morgan fingerprint density at radius 3 is 2.81 bits per heavy atom. The molecule has 16 heavy (non-hydrogen) atoms. The maximum absolute atomic E-state index is 5.82. The first-order valence-electron chi connectivity index (χ1n) is 5.82. The molecule has 0 aliphatic carbocycles. The Morgan fingerprint density at radius 2 is 2.12 bits per heavy atom. The molecule has 0 unspecified atom stereocenters. The minimum absolute atomic E-state index is 0.630. The highest BCUT2D eigenvalue weighted by Gasteiger charge is 2.14. The van der Waals surface area contributed by atoms with Crippen molar-refractivity contribution < 1.29 is 9.47 Å². The third kappa shape index (κ3) is 2.89. The van der Waals surface area contributed by atoms with E-state index in [1.54, 1.807) is 0 Å². The number of benzene rings is 1. The predicted molar refractivity (Wildman–Crippen MR) is 64.6 cm³/mol. The maximum atomic E-state index is 5.82. The van der Waals surface area contributed by atoms with Gasteiger partial charge in [-0.2, -0.15) is 0 Å². The molecule has 0 aromatic heterocycles. The molecule has 2 N–H and O–H groups in total. The van der Waals surface area contributed by atoms with Crippen LogP contribution in [-0.4, -0.2) is 19.8 Å². The summed E-state index contributed by atoms with van der Waals surface area (Å²) in [5, 5.41) is 0. The smallest absolute Gasteiger partial charge is 0.122 e. The summed E-state index contributed by atoms with van der Waals surface area (Å²) in [5.74, 6) is 1.58. The van der Waals surface area contributed by atoms with Crippen molar-refractivity contribution in [2.45, 2.75) is 19.8 Å². The minimum atomic E-state index is 0.630. The summed E-state index contributed by atoms with van der Waals surface area (Å²) in [6.45, 7) is 4.55. The van der Waals surface area contributed by atoms with Crippen LogP contribution in [0.2, 0.25) is 0 Å². The third-order valence-electron chi connectivity index (χ3n) is 3.01. The van der Waals surface area contributed by atoms with Gasteiger partial charge in [0, 0.05) is 18.9 Å². The summed E-state index contributed by atoms with van der Waals surface area (Å²) in [4.78, 5) is 0. The average molecular weight is 221 g/mol. The highest BCUT2D eigenvalue weighted by molar-refractivity contribution is 5.47. The molecule has 1 fully saturated rings. The molecule has 0 atom stereocenters. The van der Waals surface area contributed by atoms with Crippen LogP contribution >= 0.6 is 0 Å². The van der Waals surface area contributed by atoms with Gasteiger partial charge >= 0.3 is 0 Å². The lowest BCUT2D eigenvalue weighted by Gasteiger charge is -2.22. The Labute approximate surface area is 96.5 Å². The number of aryl methyl sites for hydroxylation is 1. The second-order valence-corrected chi connectivity index (χ2v) is 4.39. The van der Waals surface area contributed by atoms with Crippen LogP contribution in [0.5, 0.6) is 5.75 Å². The number of rotatable bonds is 3. The van der Waals surface area contributed by atoms with Crippen LogP contribution in [0.15, 0.2) is 18.2 Å². The van der Waals surface area contributed by atoms with Crippen molar-refractivity contribution in [1.82, 2.24) is 0 Å². The number of hydrogen-bond donors (Lipinski definition) is 1. The average Bonchev–Trinajstić information content (AvgIpc) is 2.29. The van der Waals surface area contributed by atoms with E-state index in [0.717, 1.165) is 49.7 Å². The highest BCUT2D eigenvalue weighted by atomic mass is 16.5. The number of nitrogens with two attached hydrogens (primary N) is 1. The summed E-state index contributed by atoms with van der Waals surface area (Å²) < 4.78 is 11.1. The zero-order valence-electron chi connectivity index (χ0n) is 9.74. The largest absolute Gasteiger partial charge is 0.493 e. The molecule has 1 aliphatic heterocycles. The maximum Gasteiger partial charge on any atom is 0.122 e. The van der Waals surface area contributed by atoms with Crippen molar-refractivity contribution in [2.24, 2.45) is 5.92 Å². The summed E-state index contributed by atoms with van der Waals surface area (Å²) in [7, 11) is 0. The van der Waals surface area contributed by atoms with E-state index < -0.39 is 0 Å². The molecule has 88 valence electrons. The number of ether oxygens (including phenoxy) is 2. The van der Waals surface area contributed by atoms with Gasteiger partial charge in [-0.3, -0.25) is 0 Å². The van der Waals surface area contributed by atoms with Crippen LogP contribution in [0.3, 0.4) is 0 Å². The number of anilines is 1. The van der Waals surface area contributed by atoms with Gasteiger partial charge in [-0.15, -0.1) is 0 Å². The Morgan fingerprint density at radius 1 is 1.38 bits per heavy atom. The molecule has 0 bridgehead atoms. The van der Waals surface area contributed by atoms with Gasteiger partial charge in [0.15, 0.2) is 0 Å². The number of nitrogen functional groups attached to an aromatic ring is 1. The van der Waals surface area contributed by atoms with Crippen molar-refractivity contribution in [1.29, 1.82) is 0 Å². The molecule has 3 nitrogen and oxygen atoms in total. The van der Waals surface area contributed by atoms with Crippen LogP contribution in [0, 0.1) is 12.8 Å². The second-order valence-electron chi connectivity index (χ2n) is 4.39. The van der Waals surface area contributed by atoms with Gasteiger partial charge in [0.25, 0.3) is 0 Å². The Hall–Kier alpha value is -1.22. The van der Waals surface area contributed by atoms with Crippen molar-refractivity contribution in [3.8, 4) is 5.75 Å². The first kappa shape index (κ1) is 11.3. The molecular formula is C13H19NO2. The molecule has 1 aromatic rings. The van der Waals surface area contributed by atoms with E-state index in [0.29, 0.717) is 5.92 Å². The van der Waals surface area contributed by atoms with Gasteiger partial charge in [0.2, 0.25) is 0 Å². The van der Waals surface area contributed by atoms with Crippen LogP contribution in [0.25, 0.3) is 0 Å². The lowest BCUT2D eigenvalue weighted by molar-refractivity contribution is 0.0496. The molecule has 1 aliphatic rings.